The molecule has 0 atom stereocenters. The molecule has 0 aliphatic carbocycles. The van der Waals surface area contributed by atoms with Crippen LogP contribution in [0.25, 0.3) is 0 Å². The van der Waals surface area contributed by atoms with Crippen molar-refractivity contribution in [2.75, 3.05) is 24.2 Å². The summed E-state index contributed by atoms with van der Waals surface area (Å²) in [6, 6.07) is 1.38. The van der Waals surface area contributed by atoms with Crippen molar-refractivity contribution in [3.63, 3.8) is 0 Å². The van der Waals surface area contributed by atoms with Crippen molar-refractivity contribution >= 4 is 15.5 Å². The van der Waals surface area contributed by atoms with Crippen molar-refractivity contribution in [1.29, 1.82) is 0 Å². The Morgan fingerprint density at radius 2 is 2.16 bits per heavy atom. The first-order valence-electron chi connectivity index (χ1n) is 6.09. The third-order valence-electron chi connectivity index (χ3n) is 2.65. The minimum atomic E-state index is -3.17. The molecule has 0 spiro atoms. The number of sulfone groups is 1. The SMILES string of the molecule is CC(C)S(=O)(=O)CCn1ncc(NCCN)cc1=O. The molecule has 0 amide bonds. The van der Waals surface area contributed by atoms with Crippen molar-refractivity contribution in [1.82, 2.24) is 9.78 Å². The topological polar surface area (TPSA) is 107 Å². The Kier molecular flexibility index (Phi) is 5.49. The molecular formula is C11H20N4O3S. The van der Waals surface area contributed by atoms with Gasteiger partial charge in [-0.15, -0.1) is 0 Å². The van der Waals surface area contributed by atoms with E-state index >= 15 is 0 Å². The molecule has 0 unspecified atom stereocenters. The molecule has 1 heterocycles. The highest BCUT2D eigenvalue weighted by Crippen LogP contribution is 2.02. The van der Waals surface area contributed by atoms with E-state index in [1.54, 1.807) is 13.8 Å². The van der Waals surface area contributed by atoms with E-state index in [0.717, 1.165) is 4.68 Å². The van der Waals surface area contributed by atoms with E-state index in [1.807, 2.05) is 0 Å². The lowest BCUT2D eigenvalue weighted by molar-refractivity contribution is 0.564. The second-order valence-corrected chi connectivity index (χ2v) is 7.11. The van der Waals surface area contributed by atoms with Gasteiger partial charge in [-0.1, -0.05) is 0 Å². The molecule has 3 N–H and O–H groups in total. The van der Waals surface area contributed by atoms with Crippen LogP contribution < -0.4 is 16.6 Å². The lowest BCUT2D eigenvalue weighted by Gasteiger charge is -2.09. The average Bonchev–Trinajstić information content (AvgIpc) is 2.35. The molecule has 1 aromatic heterocycles. The molecule has 19 heavy (non-hydrogen) atoms. The summed E-state index contributed by atoms with van der Waals surface area (Å²) in [4.78, 5) is 11.7. The standard InChI is InChI=1S/C11H20N4O3S/c1-9(2)19(17,18)6-5-15-11(16)7-10(8-14-15)13-4-3-12/h7-9,13H,3-6,12H2,1-2H3. The highest BCUT2D eigenvalue weighted by Gasteiger charge is 2.16. The highest BCUT2D eigenvalue weighted by molar-refractivity contribution is 7.91. The van der Waals surface area contributed by atoms with Crippen molar-refractivity contribution in [2.45, 2.75) is 25.6 Å². The number of nitrogens with one attached hydrogen (secondary N) is 1. The summed E-state index contributed by atoms with van der Waals surface area (Å²) in [7, 11) is -3.17. The first kappa shape index (κ1) is 15.6. The Balaban J connectivity index is 2.73. The zero-order valence-corrected chi connectivity index (χ0v) is 12.0. The van der Waals surface area contributed by atoms with E-state index in [2.05, 4.69) is 10.4 Å². The smallest absolute Gasteiger partial charge is 0.268 e. The minimum absolute atomic E-state index is 0.0660. The Morgan fingerprint density at radius 3 is 2.68 bits per heavy atom. The lowest BCUT2D eigenvalue weighted by Crippen LogP contribution is -2.28. The molecule has 0 aromatic carbocycles. The summed E-state index contributed by atoms with van der Waals surface area (Å²) >= 11 is 0. The van der Waals surface area contributed by atoms with Crippen LogP contribution in [0.2, 0.25) is 0 Å². The number of nitrogens with two attached hydrogens (primary N) is 1. The molecule has 1 aromatic rings. The van der Waals surface area contributed by atoms with Crippen molar-refractivity contribution in [3.05, 3.63) is 22.6 Å². The van der Waals surface area contributed by atoms with Gasteiger partial charge < -0.3 is 11.1 Å². The van der Waals surface area contributed by atoms with Crippen molar-refractivity contribution in [3.8, 4) is 0 Å². The molecule has 0 saturated carbocycles. The Labute approximate surface area is 112 Å². The third-order valence-corrected chi connectivity index (χ3v) is 4.84. The van der Waals surface area contributed by atoms with Crippen LogP contribution in [-0.4, -0.2) is 42.3 Å². The second kappa shape index (κ2) is 6.67. The van der Waals surface area contributed by atoms with Gasteiger partial charge in [0.05, 0.1) is 29.4 Å². The number of anilines is 1. The zero-order chi connectivity index (χ0) is 14.5. The first-order valence-corrected chi connectivity index (χ1v) is 7.81. The van der Waals surface area contributed by atoms with E-state index in [9.17, 15) is 13.2 Å². The van der Waals surface area contributed by atoms with Gasteiger partial charge >= 0.3 is 0 Å². The van der Waals surface area contributed by atoms with Crippen LogP contribution in [0.3, 0.4) is 0 Å². The number of hydrogen-bond donors (Lipinski definition) is 2. The predicted molar refractivity (Wildman–Crippen MR) is 75.0 cm³/mol. The van der Waals surface area contributed by atoms with Crippen LogP contribution in [0.4, 0.5) is 5.69 Å². The molecule has 0 aliphatic heterocycles. The molecular weight excluding hydrogens is 268 g/mol. The summed E-state index contributed by atoms with van der Waals surface area (Å²) in [5, 5.41) is 6.41. The second-order valence-electron chi connectivity index (χ2n) is 4.44. The normalized spacial score (nSPS) is 11.8. The van der Waals surface area contributed by atoms with Crippen molar-refractivity contribution < 1.29 is 8.42 Å². The first-order chi connectivity index (χ1) is 8.86. The third kappa shape index (κ3) is 4.64. The predicted octanol–water partition coefficient (Wildman–Crippen LogP) is -0.563. The molecule has 0 radical (unpaired) electrons. The van der Waals surface area contributed by atoms with E-state index in [-0.39, 0.29) is 17.9 Å². The molecule has 8 heteroatoms. The number of nitrogens with zero attached hydrogens (tertiary/aromatic N) is 2. The van der Waals surface area contributed by atoms with E-state index in [0.29, 0.717) is 18.8 Å². The van der Waals surface area contributed by atoms with Gasteiger partial charge in [-0.05, 0) is 13.8 Å². The molecule has 0 bridgehead atoms. The number of aromatic nitrogens is 2. The van der Waals surface area contributed by atoms with E-state index < -0.39 is 15.1 Å². The fourth-order valence-corrected chi connectivity index (χ4v) is 2.26. The molecule has 0 aliphatic rings. The summed E-state index contributed by atoms with van der Waals surface area (Å²) < 4.78 is 24.5. The molecule has 1 rings (SSSR count). The van der Waals surface area contributed by atoms with Gasteiger partial charge in [-0.2, -0.15) is 5.10 Å². The number of rotatable bonds is 7. The largest absolute Gasteiger partial charge is 0.382 e. The fraction of sp³-hybridized carbons (Fsp3) is 0.636. The zero-order valence-electron chi connectivity index (χ0n) is 11.2. The van der Waals surface area contributed by atoms with Gasteiger partial charge in [0.1, 0.15) is 0 Å². The van der Waals surface area contributed by atoms with Gasteiger partial charge in [0, 0.05) is 19.2 Å². The van der Waals surface area contributed by atoms with Crippen LogP contribution in [0, 0.1) is 0 Å². The quantitative estimate of drug-likeness (QED) is 0.696. The molecule has 0 saturated heterocycles. The van der Waals surface area contributed by atoms with Gasteiger partial charge in [0.25, 0.3) is 5.56 Å². The van der Waals surface area contributed by atoms with E-state index in [1.165, 1.54) is 12.3 Å². The van der Waals surface area contributed by atoms with Crippen LogP contribution in [0.5, 0.6) is 0 Å². The van der Waals surface area contributed by atoms with Crippen molar-refractivity contribution in [2.24, 2.45) is 5.73 Å². The van der Waals surface area contributed by atoms with E-state index in [4.69, 9.17) is 5.73 Å². The maximum Gasteiger partial charge on any atom is 0.268 e. The van der Waals surface area contributed by atoms with Crippen LogP contribution in [-0.2, 0) is 16.4 Å². The van der Waals surface area contributed by atoms with Crippen LogP contribution >= 0.6 is 0 Å². The summed E-state index contributed by atoms with van der Waals surface area (Å²) in [6.45, 7) is 4.30. The molecule has 108 valence electrons. The average molecular weight is 288 g/mol. The maximum atomic E-state index is 11.7. The van der Waals surface area contributed by atoms with Gasteiger partial charge in [0.2, 0.25) is 0 Å². The summed E-state index contributed by atoms with van der Waals surface area (Å²) in [6.07, 6.45) is 1.49. The Morgan fingerprint density at radius 1 is 1.47 bits per heavy atom. The van der Waals surface area contributed by atoms with Gasteiger partial charge in [0.15, 0.2) is 9.84 Å². The molecule has 0 fully saturated rings. The van der Waals surface area contributed by atoms with Gasteiger partial charge in [-0.3, -0.25) is 4.79 Å². The summed E-state index contributed by atoms with van der Waals surface area (Å²) in [5.74, 6) is -0.0901. The Bertz CT molecular complexity index is 566. The van der Waals surface area contributed by atoms with Gasteiger partial charge in [-0.25, -0.2) is 13.1 Å². The monoisotopic (exact) mass is 288 g/mol. The van der Waals surface area contributed by atoms with Crippen LogP contribution in [0.1, 0.15) is 13.8 Å². The number of aryl methyl sites for hydroxylation is 1. The Hall–Kier alpha value is -1.41. The van der Waals surface area contributed by atoms with Crippen LogP contribution in [0.15, 0.2) is 17.1 Å². The maximum absolute atomic E-state index is 11.7. The molecule has 7 nitrogen and oxygen atoms in total. The fourth-order valence-electron chi connectivity index (χ4n) is 1.36. The summed E-state index contributed by atoms with van der Waals surface area (Å²) in [5.41, 5.74) is 5.58. The highest BCUT2D eigenvalue weighted by atomic mass is 32.2. The lowest BCUT2D eigenvalue weighted by atomic mass is 10.4. The minimum Gasteiger partial charge on any atom is -0.382 e. The number of hydrogen-bond acceptors (Lipinski definition) is 6.